The number of amides is 2. The van der Waals surface area contributed by atoms with E-state index in [2.05, 4.69) is 31.2 Å². The Kier molecular flexibility index (Phi) is 6.64. The summed E-state index contributed by atoms with van der Waals surface area (Å²) < 4.78 is 3.27. The van der Waals surface area contributed by atoms with E-state index < -0.39 is 0 Å². The van der Waals surface area contributed by atoms with Crippen molar-refractivity contribution in [3.63, 3.8) is 0 Å². The molecule has 25 heavy (non-hydrogen) atoms. The first kappa shape index (κ1) is 19.5. The first-order valence-electron chi connectivity index (χ1n) is 9.12. The zero-order chi connectivity index (χ0) is 18.4. The van der Waals surface area contributed by atoms with Gasteiger partial charge in [0.05, 0.1) is 6.61 Å². The van der Waals surface area contributed by atoms with Crippen LogP contribution in [0.3, 0.4) is 0 Å². The van der Waals surface area contributed by atoms with Gasteiger partial charge in [0.25, 0.3) is 0 Å². The summed E-state index contributed by atoms with van der Waals surface area (Å²) >= 11 is 0. The van der Waals surface area contributed by atoms with Crippen LogP contribution in [0.25, 0.3) is 0 Å². The highest BCUT2D eigenvalue weighted by molar-refractivity contribution is 5.74. The number of carbonyl (C=O) groups excluding carboxylic acids is 1. The van der Waals surface area contributed by atoms with Crippen LogP contribution in [0.2, 0.25) is 0 Å². The molecule has 0 bridgehead atoms. The number of aromatic nitrogens is 3. The molecule has 2 rings (SSSR count). The molecule has 0 fully saturated rings. The quantitative estimate of drug-likeness (QED) is 0.710. The molecule has 0 atom stereocenters. The summed E-state index contributed by atoms with van der Waals surface area (Å²) in [4.78, 5) is 26.1. The number of aliphatic hydroxyl groups excluding tert-OH is 1. The number of carbonyl (C=O) groups is 1. The van der Waals surface area contributed by atoms with Gasteiger partial charge in [-0.15, -0.1) is 0 Å². The molecule has 8 nitrogen and oxygen atoms in total. The van der Waals surface area contributed by atoms with Gasteiger partial charge in [-0.05, 0) is 24.7 Å². The van der Waals surface area contributed by atoms with E-state index in [1.165, 1.54) is 4.68 Å². The third-order valence-electron chi connectivity index (χ3n) is 4.18. The Balaban J connectivity index is 1.81. The third kappa shape index (κ3) is 5.59. The molecule has 142 valence electrons. The van der Waals surface area contributed by atoms with Gasteiger partial charge in [0, 0.05) is 39.1 Å². The van der Waals surface area contributed by atoms with Crippen LogP contribution in [0, 0.1) is 5.41 Å². The molecule has 0 saturated carbocycles. The maximum Gasteiger partial charge on any atom is 0.345 e. The molecular formula is C17H31N5O3. The molecule has 0 unspecified atom stereocenters. The number of fused-ring (bicyclic) bond motifs is 1. The van der Waals surface area contributed by atoms with Crippen molar-refractivity contribution in [1.29, 1.82) is 0 Å². The van der Waals surface area contributed by atoms with Crippen LogP contribution in [0.4, 0.5) is 4.79 Å². The minimum Gasteiger partial charge on any atom is -0.395 e. The summed E-state index contributed by atoms with van der Waals surface area (Å²) in [5.41, 5.74) is -0.0781. The SMILES string of the molecule is CC(C)(C)CN(CCO)C(=O)NCCCn1nc2n(c1=O)CCCC2. The number of nitrogens with one attached hydrogen (secondary N) is 1. The average molecular weight is 353 g/mol. The fourth-order valence-corrected chi connectivity index (χ4v) is 3.08. The lowest BCUT2D eigenvalue weighted by Crippen LogP contribution is -2.45. The summed E-state index contributed by atoms with van der Waals surface area (Å²) in [6, 6.07) is -0.180. The largest absolute Gasteiger partial charge is 0.395 e. The number of rotatable bonds is 7. The minimum absolute atomic E-state index is 0.0324. The first-order valence-corrected chi connectivity index (χ1v) is 9.12. The molecule has 0 spiro atoms. The fraction of sp³-hybridized carbons (Fsp3) is 0.824. The number of hydrogen-bond acceptors (Lipinski definition) is 4. The predicted octanol–water partition coefficient (Wildman–Crippen LogP) is 0.821. The minimum atomic E-state index is -0.180. The van der Waals surface area contributed by atoms with E-state index >= 15 is 0 Å². The summed E-state index contributed by atoms with van der Waals surface area (Å²) in [5, 5.41) is 16.4. The second-order valence-electron chi connectivity index (χ2n) is 7.82. The average Bonchev–Trinajstić information content (AvgIpc) is 2.86. The predicted molar refractivity (Wildman–Crippen MR) is 95.6 cm³/mol. The van der Waals surface area contributed by atoms with Crippen LogP contribution in [0.1, 0.15) is 45.9 Å². The van der Waals surface area contributed by atoms with E-state index in [1.807, 2.05) is 0 Å². The first-order chi connectivity index (χ1) is 11.8. The lowest BCUT2D eigenvalue weighted by atomic mass is 9.96. The van der Waals surface area contributed by atoms with Gasteiger partial charge in [0.2, 0.25) is 0 Å². The van der Waals surface area contributed by atoms with Gasteiger partial charge in [-0.25, -0.2) is 14.3 Å². The number of urea groups is 1. The van der Waals surface area contributed by atoms with Crippen LogP contribution in [-0.4, -0.2) is 56.6 Å². The molecular weight excluding hydrogens is 322 g/mol. The van der Waals surface area contributed by atoms with Crippen molar-refractivity contribution in [2.45, 2.75) is 59.5 Å². The molecule has 0 aromatic carbocycles. The van der Waals surface area contributed by atoms with Gasteiger partial charge in [0.15, 0.2) is 0 Å². The van der Waals surface area contributed by atoms with Crippen molar-refractivity contribution in [3.8, 4) is 0 Å². The van der Waals surface area contributed by atoms with Crippen molar-refractivity contribution in [2.75, 3.05) is 26.2 Å². The van der Waals surface area contributed by atoms with Crippen molar-refractivity contribution < 1.29 is 9.90 Å². The number of hydrogen-bond donors (Lipinski definition) is 2. The smallest absolute Gasteiger partial charge is 0.345 e. The Labute approximate surface area is 148 Å². The number of aryl methyl sites for hydroxylation is 2. The summed E-state index contributed by atoms with van der Waals surface area (Å²) in [5.74, 6) is 0.875. The molecule has 8 heteroatoms. The van der Waals surface area contributed by atoms with Crippen molar-refractivity contribution in [1.82, 2.24) is 24.6 Å². The third-order valence-corrected chi connectivity index (χ3v) is 4.18. The number of aliphatic hydroxyl groups is 1. The second-order valence-corrected chi connectivity index (χ2v) is 7.82. The Hall–Kier alpha value is -1.83. The van der Waals surface area contributed by atoms with Crippen molar-refractivity contribution in [3.05, 3.63) is 16.3 Å². The molecule has 2 N–H and O–H groups in total. The standard InChI is InChI=1S/C17H31N5O3/c1-17(2,3)13-20(11-12-23)15(24)18-8-6-10-22-16(25)21-9-5-4-7-14(21)19-22/h23H,4-13H2,1-3H3,(H,18,24). The highest BCUT2D eigenvalue weighted by Crippen LogP contribution is 2.15. The lowest BCUT2D eigenvalue weighted by molar-refractivity contribution is 0.152. The molecule has 2 amide bonds. The van der Waals surface area contributed by atoms with Crippen LogP contribution in [0.15, 0.2) is 4.79 Å². The van der Waals surface area contributed by atoms with Gasteiger partial charge in [-0.2, -0.15) is 5.10 Å². The van der Waals surface area contributed by atoms with Gasteiger partial charge >= 0.3 is 11.7 Å². The van der Waals surface area contributed by atoms with E-state index in [-0.39, 0.29) is 23.7 Å². The molecule has 0 radical (unpaired) electrons. The Morgan fingerprint density at radius 3 is 2.76 bits per heavy atom. The van der Waals surface area contributed by atoms with E-state index in [1.54, 1.807) is 9.47 Å². The zero-order valence-corrected chi connectivity index (χ0v) is 15.6. The van der Waals surface area contributed by atoms with Crippen LogP contribution in [0.5, 0.6) is 0 Å². The Bertz CT molecular complexity index is 629. The van der Waals surface area contributed by atoms with Crippen LogP contribution in [-0.2, 0) is 19.5 Å². The zero-order valence-electron chi connectivity index (χ0n) is 15.6. The molecule has 1 aliphatic rings. The highest BCUT2D eigenvalue weighted by Gasteiger charge is 2.20. The summed E-state index contributed by atoms with van der Waals surface area (Å²) in [6.45, 7) is 8.72. The van der Waals surface area contributed by atoms with Crippen LogP contribution < -0.4 is 11.0 Å². The van der Waals surface area contributed by atoms with E-state index in [4.69, 9.17) is 5.11 Å². The van der Waals surface area contributed by atoms with Gasteiger partial charge in [-0.3, -0.25) is 4.57 Å². The number of nitrogens with zero attached hydrogens (tertiary/aromatic N) is 4. The van der Waals surface area contributed by atoms with Crippen molar-refractivity contribution in [2.24, 2.45) is 5.41 Å². The summed E-state index contributed by atoms with van der Waals surface area (Å²) in [7, 11) is 0. The lowest BCUT2D eigenvalue weighted by Gasteiger charge is -2.29. The molecule has 0 saturated heterocycles. The normalized spacial score (nSPS) is 14.2. The van der Waals surface area contributed by atoms with Gasteiger partial charge in [0.1, 0.15) is 5.82 Å². The van der Waals surface area contributed by atoms with Crippen molar-refractivity contribution >= 4 is 6.03 Å². The Morgan fingerprint density at radius 2 is 2.12 bits per heavy atom. The fourth-order valence-electron chi connectivity index (χ4n) is 3.08. The maximum absolute atomic E-state index is 12.3. The monoisotopic (exact) mass is 353 g/mol. The van der Waals surface area contributed by atoms with Crippen LogP contribution >= 0.6 is 0 Å². The molecule has 1 aliphatic heterocycles. The molecule has 2 heterocycles. The molecule has 1 aromatic rings. The second kappa shape index (κ2) is 8.51. The highest BCUT2D eigenvalue weighted by atomic mass is 16.3. The van der Waals surface area contributed by atoms with E-state index in [0.29, 0.717) is 32.6 Å². The summed E-state index contributed by atoms with van der Waals surface area (Å²) in [6.07, 6.45) is 3.62. The van der Waals surface area contributed by atoms with Gasteiger partial charge < -0.3 is 15.3 Å². The molecule has 1 aromatic heterocycles. The van der Waals surface area contributed by atoms with Gasteiger partial charge in [-0.1, -0.05) is 20.8 Å². The van der Waals surface area contributed by atoms with E-state index in [9.17, 15) is 9.59 Å². The maximum atomic E-state index is 12.3. The molecule has 0 aliphatic carbocycles. The Morgan fingerprint density at radius 1 is 1.36 bits per heavy atom. The topological polar surface area (TPSA) is 92.4 Å². The van der Waals surface area contributed by atoms with E-state index in [0.717, 1.165) is 31.6 Å².